The van der Waals surface area contributed by atoms with Crippen LogP contribution in [0.4, 0.5) is 18.9 Å². The van der Waals surface area contributed by atoms with E-state index >= 15 is 0 Å². The molecule has 1 N–H and O–H groups in total. The Bertz CT molecular complexity index is 889. The number of alkyl halides is 3. The van der Waals surface area contributed by atoms with Gasteiger partial charge in [0.05, 0.1) is 18.4 Å². The first-order valence-electron chi connectivity index (χ1n) is 7.48. The molecule has 2 amide bonds. The second-order valence-electron chi connectivity index (χ2n) is 5.46. The molecule has 2 aromatic carbocycles. The number of anilines is 1. The van der Waals surface area contributed by atoms with Crippen LogP contribution in [0.15, 0.2) is 54.1 Å². The highest BCUT2D eigenvalue weighted by atomic mass is 19.4. The molecule has 8 heteroatoms. The van der Waals surface area contributed by atoms with Gasteiger partial charge in [-0.15, -0.1) is 0 Å². The van der Waals surface area contributed by atoms with Crippen LogP contribution in [0.2, 0.25) is 0 Å². The molecule has 5 nitrogen and oxygen atoms in total. The Balaban J connectivity index is 1.90. The Morgan fingerprint density at radius 1 is 1.08 bits per heavy atom. The summed E-state index contributed by atoms with van der Waals surface area (Å²) in [5.74, 6) is -0.812. The number of halogens is 3. The fraction of sp³-hybridized carbons (Fsp3) is 0.111. The Morgan fingerprint density at radius 2 is 1.77 bits per heavy atom. The molecule has 0 radical (unpaired) electrons. The van der Waals surface area contributed by atoms with Crippen LogP contribution in [0.25, 0.3) is 6.08 Å². The lowest BCUT2D eigenvalue weighted by Crippen LogP contribution is -2.35. The maximum atomic E-state index is 12.8. The van der Waals surface area contributed by atoms with Crippen molar-refractivity contribution in [1.29, 1.82) is 0 Å². The van der Waals surface area contributed by atoms with E-state index in [9.17, 15) is 22.8 Å². The first kappa shape index (κ1) is 17.5. The van der Waals surface area contributed by atoms with Crippen LogP contribution in [0.1, 0.15) is 11.1 Å². The summed E-state index contributed by atoms with van der Waals surface area (Å²) in [5.41, 5.74) is 1.70. The van der Waals surface area contributed by atoms with Gasteiger partial charge in [-0.2, -0.15) is 13.2 Å². The van der Waals surface area contributed by atoms with E-state index in [2.05, 4.69) is 5.43 Å². The summed E-state index contributed by atoms with van der Waals surface area (Å²) < 4.78 is 43.6. The lowest BCUT2D eigenvalue weighted by Gasteiger charge is -2.16. The highest BCUT2D eigenvalue weighted by Gasteiger charge is 2.36. The summed E-state index contributed by atoms with van der Waals surface area (Å²) in [4.78, 5) is 24.6. The molecule has 0 saturated carbocycles. The first-order chi connectivity index (χ1) is 12.3. The zero-order valence-corrected chi connectivity index (χ0v) is 13.5. The molecule has 1 heterocycles. The van der Waals surface area contributed by atoms with E-state index in [1.807, 2.05) is 0 Å². The topological polar surface area (TPSA) is 58.6 Å². The van der Waals surface area contributed by atoms with Gasteiger partial charge in [0.1, 0.15) is 11.3 Å². The number of rotatable bonds is 3. The number of carbonyl (C=O) groups is 2. The van der Waals surface area contributed by atoms with Gasteiger partial charge >= 0.3 is 6.18 Å². The summed E-state index contributed by atoms with van der Waals surface area (Å²) >= 11 is 0. The quantitative estimate of drug-likeness (QED) is 0.674. The fourth-order valence-corrected chi connectivity index (χ4v) is 2.43. The predicted molar refractivity (Wildman–Crippen MR) is 88.0 cm³/mol. The second-order valence-corrected chi connectivity index (χ2v) is 5.46. The molecule has 3 rings (SSSR count). The molecule has 0 aromatic heterocycles. The van der Waals surface area contributed by atoms with Crippen LogP contribution < -0.4 is 15.2 Å². The van der Waals surface area contributed by atoms with Crippen LogP contribution in [0.3, 0.4) is 0 Å². The van der Waals surface area contributed by atoms with Gasteiger partial charge in [-0.05, 0) is 42.0 Å². The highest BCUT2D eigenvalue weighted by Crippen LogP contribution is 2.32. The summed E-state index contributed by atoms with van der Waals surface area (Å²) in [6.45, 7) is 0. The maximum absolute atomic E-state index is 12.8. The molecule has 1 fully saturated rings. The third-order valence-electron chi connectivity index (χ3n) is 3.75. The van der Waals surface area contributed by atoms with Gasteiger partial charge in [-0.25, -0.2) is 5.01 Å². The molecule has 26 heavy (non-hydrogen) atoms. The lowest BCUT2D eigenvalue weighted by atomic mass is 10.1. The Hall–Kier alpha value is -3.29. The highest BCUT2D eigenvalue weighted by molar-refractivity contribution is 6.31. The van der Waals surface area contributed by atoms with Crippen LogP contribution >= 0.6 is 0 Å². The Labute approximate surface area is 146 Å². The van der Waals surface area contributed by atoms with Gasteiger partial charge in [0.15, 0.2) is 0 Å². The van der Waals surface area contributed by atoms with Crippen molar-refractivity contribution < 1.29 is 27.5 Å². The summed E-state index contributed by atoms with van der Waals surface area (Å²) in [7, 11) is 1.51. The molecule has 1 aliphatic rings. The number of hydrogen-bond donors (Lipinski definition) is 1. The van der Waals surface area contributed by atoms with Crippen molar-refractivity contribution in [2.45, 2.75) is 6.18 Å². The summed E-state index contributed by atoms with van der Waals surface area (Å²) in [5, 5.41) is 0.799. The van der Waals surface area contributed by atoms with Gasteiger partial charge in [0.2, 0.25) is 0 Å². The van der Waals surface area contributed by atoms with Gasteiger partial charge in [-0.1, -0.05) is 18.2 Å². The molecule has 134 valence electrons. The van der Waals surface area contributed by atoms with E-state index in [1.165, 1.54) is 25.3 Å². The maximum Gasteiger partial charge on any atom is 0.416 e. The zero-order chi connectivity index (χ0) is 18.9. The zero-order valence-electron chi connectivity index (χ0n) is 13.5. The van der Waals surface area contributed by atoms with E-state index in [4.69, 9.17) is 4.74 Å². The predicted octanol–water partition coefficient (Wildman–Crippen LogP) is 3.18. The van der Waals surface area contributed by atoms with Crippen molar-refractivity contribution in [3.8, 4) is 5.75 Å². The van der Waals surface area contributed by atoms with Crippen molar-refractivity contribution >= 4 is 23.6 Å². The van der Waals surface area contributed by atoms with Gasteiger partial charge in [-0.3, -0.25) is 15.0 Å². The van der Waals surface area contributed by atoms with E-state index in [0.717, 1.165) is 17.1 Å². The van der Waals surface area contributed by atoms with Crippen LogP contribution in [-0.4, -0.2) is 18.9 Å². The average Bonchev–Trinajstić information content (AvgIpc) is 2.90. The number of benzene rings is 2. The van der Waals surface area contributed by atoms with E-state index in [0.29, 0.717) is 11.3 Å². The fourth-order valence-electron chi connectivity index (χ4n) is 2.43. The molecule has 2 aromatic rings. The monoisotopic (exact) mass is 362 g/mol. The molecule has 0 atom stereocenters. The van der Waals surface area contributed by atoms with Crippen LogP contribution in [0.5, 0.6) is 5.75 Å². The minimum Gasteiger partial charge on any atom is -0.497 e. The van der Waals surface area contributed by atoms with Crippen LogP contribution in [-0.2, 0) is 15.8 Å². The second kappa shape index (κ2) is 6.55. The third-order valence-corrected chi connectivity index (χ3v) is 3.75. The smallest absolute Gasteiger partial charge is 0.416 e. The number of hydrazine groups is 1. The SMILES string of the molecule is COc1ccc(C=C2C(=O)NN(c3cccc(C(F)(F)F)c3)C2=O)cc1. The summed E-state index contributed by atoms with van der Waals surface area (Å²) in [6, 6.07) is 10.8. The molecule has 0 aliphatic carbocycles. The number of ether oxygens (including phenoxy) is 1. The number of amides is 2. The van der Waals surface area contributed by atoms with E-state index in [-0.39, 0.29) is 11.3 Å². The molecule has 1 saturated heterocycles. The minimum atomic E-state index is -4.55. The van der Waals surface area contributed by atoms with Crippen molar-refractivity contribution in [3.63, 3.8) is 0 Å². The summed E-state index contributed by atoms with van der Waals surface area (Å²) in [6.07, 6.45) is -3.19. The normalized spacial score (nSPS) is 16.2. The number of methoxy groups -OCH3 is 1. The van der Waals surface area contributed by atoms with Crippen molar-refractivity contribution in [2.75, 3.05) is 12.1 Å². The first-order valence-corrected chi connectivity index (χ1v) is 7.48. The standard InChI is InChI=1S/C18H13F3N2O3/c1-26-14-7-5-11(6-8-14)9-15-16(24)22-23(17(15)25)13-4-2-3-12(10-13)18(19,20)21/h2-10H,1H3,(H,22,24). The van der Waals surface area contributed by atoms with Gasteiger partial charge < -0.3 is 4.74 Å². The molecule has 0 spiro atoms. The number of hydrogen-bond acceptors (Lipinski definition) is 3. The molecule has 0 bridgehead atoms. The number of nitrogens with zero attached hydrogens (tertiary/aromatic N) is 1. The lowest BCUT2D eigenvalue weighted by molar-refractivity contribution is -0.137. The van der Waals surface area contributed by atoms with E-state index in [1.54, 1.807) is 24.3 Å². The van der Waals surface area contributed by atoms with E-state index < -0.39 is 23.6 Å². The Morgan fingerprint density at radius 3 is 2.38 bits per heavy atom. The van der Waals surface area contributed by atoms with Gasteiger partial charge in [0, 0.05) is 0 Å². The number of carbonyl (C=O) groups excluding carboxylic acids is 2. The van der Waals surface area contributed by atoms with Crippen molar-refractivity contribution in [3.05, 3.63) is 65.2 Å². The van der Waals surface area contributed by atoms with Crippen molar-refractivity contribution in [1.82, 2.24) is 5.43 Å². The number of nitrogens with one attached hydrogen (secondary N) is 1. The molecular formula is C18H13F3N2O3. The molecule has 1 aliphatic heterocycles. The minimum absolute atomic E-state index is 0.0729. The largest absolute Gasteiger partial charge is 0.497 e. The average molecular weight is 362 g/mol. The third kappa shape index (κ3) is 3.39. The van der Waals surface area contributed by atoms with Crippen molar-refractivity contribution in [2.24, 2.45) is 0 Å². The van der Waals surface area contributed by atoms with Crippen LogP contribution in [0, 0.1) is 0 Å². The Kier molecular flexibility index (Phi) is 4.41. The molecule has 0 unspecified atom stereocenters. The van der Waals surface area contributed by atoms with Gasteiger partial charge in [0.25, 0.3) is 11.8 Å². The molecular weight excluding hydrogens is 349 g/mol.